The summed E-state index contributed by atoms with van der Waals surface area (Å²) in [5, 5.41) is 5.15. The molecule has 0 aliphatic heterocycles. The number of thiophene rings is 1. The number of benzene rings is 2. The van der Waals surface area contributed by atoms with Crippen LogP contribution in [0.25, 0.3) is 11.1 Å². The van der Waals surface area contributed by atoms with Crippen LogP contribution in [0.1, 0.15) is 11.8 Å². The zero-order chi connectivity index (χ0) is 17.6. The summed E-state index contributed by atoms with van der Waals surface area (Å²) in [6.07, 6.45) is 0. The van der Waals surface area contributed by atoms with Crippen molar-refractivity contribution in [3.63, 3.8) is 0 Å². The molecule has 1 aromatic heterocycles. The molecule has 1 atom stereocenters. The van der Waals surface area contributed by atoms with Gasteiger partial charge in [-0.2, -0.15) is 0 Å². The third-order valence-electron chi connectivity index (χ3n) is 4.30. The summed E-state index contributed by atoms with van der Waals surface area (Å²) in [5.74, 6) is 0.00226. The summed E-state index contributed by atoms with van der Waals surface area (Å²) >= 11 is 1.71. The van der Waals surface area contributed by atoms with E-state index in [1.807, 2.05) is 62.5 Å². The van der Waals surface area contributed by atoms with Crippen molar-refractivity contribution in [2.24, 2.45) is 0 Å². The van der Waals surface area contributed by atoms with Crippen LogP contribution < -0.4 is 5.32 Å². The fourth-order valence-corrected chi connectivity index (χ4v) is 3.45. The van der Waals surface area contributed by atoms with Crippen molar-refractivity contribution in [2.75, 3.05) is 12.4 Å². The number of carbonyl (C=O) groups is 1. The first-order chi connectivity index (χ1) is 12.1. The van der Waals surface area contributed by atoms with E-state index < -0.39 is 0 Å². The first kappa shape index (κ1) is 17.4. The van der Waals surface area contributed by atoms with Crippen molar-refractivity contribution in [2.45, 2.75) is 19.5 Å². The number of nitrogens with zero attached hydrogens (tertiary/aromatic N) is 1. The Labute approximate surface area is 152 Å². The van der Waals surface area contributed by atoms with Crippen LogP contribution in [0.3, 0.4) is 0 Å². The van der Waals surface area contributed by atoms with E-state index in [2.05, 4.69) is 33.8 Å². The molecular weight excluding hydrogens is 328 g/mol. The minimum atomic E-state index is -0.217. The predicted molar refractivity (Wildman–Crippen MR) is 106 cm³/mol. The van der Waals surface area contributed by atoms with Gasteiger partial charge in [0.15, 0.2) is 0 Å². The molecule has 0 spiro atoms. The van der Waals surface area contributed by atoms with E-state index in [0.717, 1.165) is 23.4 Å². The second-order valence-corrected chi connectivity index (χ2v) is 7.10. The number of anilines is 1. The quantitative estimate of drug-likeness (QED) is 0.687. The van der Waals surface area contributed by atoms with Crippen LogP contribution >= 0.6 is 11.3 Å². The molecule has 1 amide bonds. The molecule has 3 nitrogen and oxygen atoms in total. The van der Waals surface area contributed by atoms with Crippen molar-refractivity contribution in [3.8, 4) is 11.1 Å². The van der Waals surface area contributed by atoms with E-state index in [0.29, 0.717) is 0 Å². The second-order valence-electron chi connectivity index (χ2n) is 6.07. The molecule has 1 N–H and O–H groups in total. The Balaban J connectivity index is 1.73. The zero-order valence-corrected chi connectivity index (χ0v) is 15.3. The van der Waals surface area contributed by atoms with E-state index >= 15 is 0 Å². The van der Waals surface area contributed by atoms with Gasteiger partial charge in [-0.25, -0.2) is 0 Å². The van der Waals surface area contributed by atoms with Crippen molar-refractivity contribution >= 4 is 22.9 Å². The van der Waals surface area contributed by atoms with Gasteiger partial charge in [0.25, 0.3) is 0 Å². The molecule has 3 aromatic rings. The van der Waals surface area contributed by atoms with Crippen LogP contribution in [-0.4, -0.2) is 23.9 Å². The monoisotopic (exact) mass is 350 g/mol. The van der Waals surface area contributed by atoms with E-state index in [1.54, 1.807) is 11.3 Å². The van der Waals surface area contributed by atoms with Crippen LogP contribution in [0.2, 0.25) is 0 Å². The van der Waals surface area contributed by atoms with E-state index in [9.17, 15) is 4.79 Å². The fraction of sp³-hybridized carbons (Fsp3) is 0.190. The molecular formula is C21H22N2OS. The van der Waals surface area contributed by atoms with Crippen molar-refractivity contribution in [3.05, 3.63) is 77.0 Å². The largest absolute Gasteiger partial charge is 0.324 e. The number of likely N-dealkylation sites (N-methyl/N-ethyl adjacent to an activating group) is 1. The van der Waals surface area contributed by atoms with Crippen molar-refractivity contribution < 1.29 is 4.79 Å². The first-order valence-corrected chi connectivity index (χ1v) is 9.21. The minimum Gasteiger partial charge on any atom is -0.324 e. The smallest absolute Gasteiger partial charge is 0.241 e. The Bertz CT molecular complexity index is 815. The summed E-state index contributed by atoms with van der Waals surface area (Å²) < 4.78 is 0. The number of nitrogens with one attached hydrogen (secondary N) is 1. The molecule has 0 fully saturated rings. The highest BCUT2D eigenvalue weighted by Gasteiger charge is 2.19. The summed E-state index contributed by atoms with van der Waals surface area (Å²) in [6, 6.07) is 21.9. The topological polar surface area (TPSA) is 32.3 Å². The number of carbonyl (C=O) groups excluding carboxylic acids is 1. The number of para-hydroxylation sites is 1. The third-order valence-corrected chi connectivity index (χ3v) is 5.16. The van der Waals surface area contributed by atoms with Gasteiger partial charge in [-0.15, -0.1) is 11.3 Å². The number of amides is 1. The summed E-state index contributed by atoms with van der Waals surface area (Å²) in [6.45, 7) is 2.71. The van der Waals surface area contributed by atoms with Crippen LogP contribution in [0.5, 0.6) is 0 Å². The van der Waals surface area contributed by atoms with Gasteiger partial charge in [-0.05, 0) is 37.0 Å². The van der Waals surface area contributed by atoms with Crippen LogP contribution in [0.15, 0.2) is 72.1 Å². The van der Waals surface area contributed by atoms with Crippen LogP contribution in [0.4, 0.5) is 5.69 Å². The SMILES string of the molecule is C[C@@H](C(=O)Nc1ccccc1-c1ccccc1)N(C)Cc1cccs1. The van der Waals surface area contributed by atoms with E-state index in [1.165, 1.54) is 4.88 Å². The van der Waals surface area contributed by atoms with Gasteiger partial charge in [0.1, 0.15) is 0 Å². The highest BCUT2D eigenvalue weighted by atomic mass is 32.1. The Hall–Kier alpha value is -2.43. The van der Waals surface area contributed by atoms with Gasteiger partial charge < -0.3 is 5.32 Å². The Kier molecular flexibility index (Phi) is 5.64. The Morgan fingerprint density at radius 1 is 1.04 bits per heavy atom. The molecule has 0 saturated heterocycles. The maximum absolute atomic E-state index is 12.7. The van der Waals surface area contributed by atoms with Gasteiger partial charge in [-0.3, -0.25) is 9.69 Å². The molecule has 0 aliphatic rings. The van der Waals surface area contributed by atoms with Crippen LogP contribution in [-0.2, 0) is 11.3 Å². The van der Waals surface area contributed by atoms with Gasteiger partial charge in [0.05, 0.1) is 6.04 Å². The van der Waals surface area contributed by atoms with Gasteiger partial charge in [-0.1, -0.05) is 54.6 Å². The highest BCUT2D eigenvalue weighted by molar-refractivity contribution is 7.09. The van der Waals surface area contributed by atoms with Crippen molar-refractivity contribution in [1.29, 1.82) is 0 Å². The minimum absolute atomic E-state index is 0.00226. The molecule has 3 rings (SSSR count). The van der Waals surface area contributed by atoms with E-state index in [-0.39, 0.29) is 11.9 Å². The maximum Gasteiger partial charge on any atom is 0.241 e. The molecule has 0 saturated carbocycles. The summed E-state index contributed by atoms with van der Waals surface area (Å²) in [5.41, 5.74) is 2.97. The number of rotatable bonds is 6. The molecule has 2 aromatic carbocycles. The predicted octanol–water partition coefficient (Wildman–Crippen LogP) is 4.87. The van der Waals surface area contributed by atoms with Gasteiger partial charge in [0.2, 0.25) is 5.91 Å². The molecule has 0 bridgehead atoms. The molecule has 128 valence electrons. The summed E-state index contributed by atoms with van der Waals surface area (Å²) in [4.78, 5) is 16.0. The molecule has 4 heteroatoms. The number of hydrogen-bond donors (Lipinski definition) is 1. The Morgan fingerprint density at radius 2 is 1.76 bits per heavy atom. The lowest BCUT2D eigenvalue weighted by Gasteiger charge is -2.24. The summed E-state index contributed by atoms with van der Waals surface area (Å²) in [7, 11) is 1.98. The maximum atomic E-state index is 12.7. The van der Waals surface area contributed by atoms with Gasteiger partial charge in [0, 0.05) is 22.7 Å². The van der Waals surface area contributed by atoms with Gasteiger partial charge >= 0.3 is 0 Å². The Morgan fingerprint density at radius 3 is 2.48 bits per heavy atom. The normalized spacial score (nSPS) is 12.1. The third kappa shape index (κ3) is 4.35. The average Bonchev–Trinajstić information content (AvgIpc) is 3.15. The molecule has 0 aliphatic carbocycles. The molecule has 1 heterocycles. The average molecular weight is 350 g/mol. The molecule has 0 radical (unpaired) electrons. The lowest BCUT2D eigenvalue weighted by molar-refractivity contribution is -0.120. The van der Waals surface area contributed by atoms with E-state index in [4.69, 9.17) is 0 Å². The standard InChI is InChI=1S/C21H22N2OS/c1-16(23(2)15-18-11-8-14-25-18)21(24)22-20-13-7-6-12-19(20)17-9-4-3-5-10-17/h3-14,16H,15H2,1-2H3,(H,22,24)/t16-/m0/s1. The molecule has 25 heavy (non-hydrogen) atoms. The van der Waals surface area contributed by atoms with Crippen molar-refractivity contribution in [1.82, 2.24) is 4.90 Å². The number of hydrogen-bond acceptors (Lipinski definition) is 3. The highest BCUT2D eigenvalue weighted by Crippen LogP contribution is 2.27. The second kappa shape index (κ2) is 8.10. The lowest BCUT2D eigenvalue weighted by Crippen LogP contribution is -2.39. The first-order valence-electron chi connectivity index (χ1n) is 8.33. The van der Waals surface area contributed by atoms with Crippen LogP contribution in [0, 0.1) is 0 Å². The molecule has 0 unspecified atom stereocenters. The zero-order valence-electron chi connectivity index (χ0n) is 14.5. The lowest BCUT2D eigenvalue weighted by atomic mass is 10.0. The fourth-order valence-electron chi connectivity index (χ4n) is 2.68.